The smallest absolute Gasteiger partial charge is 0.383 e. The molecule has 102 valence electrons. The van der Waals surface area contributed by atoms with Gasteiger partial charge in [0.05, 0.1) is 6.61 Å². The Balaban J connectivity index is 2.95. The van der Waals surface area contributed by atoms with Gasteiger partial charge in [-0.25, -0.2) is 0 Å². The Morgan fingerprint density at radius 3 is 2.61 bits per heavy atom. The molecule has 0 aliphatic carbocycles. The first-order chi connectivity index (χ1) is 8.29. The number of aryl methyl sites for hydroxylation is 1. The molecule has 1 N–H and O–H groups in total. The molecule has 1 aromatic rings. The van der Waals surface area contributed by atoms with Gasteiger partial charge in [0.2, 0.25) is 0 Å². The zero-order chi connectivity index (χ0) is 13.9. The van der Waals surface area contributed by atoms with Gasteiger partial charge >= 0.3 is 6.18 Å². The molecule has 0 aliphatic heterocycles. The van der Waals surface area contributed by atoms with Gasteiger partial charge in [-0.1, -0.05) is 11.6 Å². The van der Waals surface area contributed by atoms with E-state index >= 15 is 0 Å². The average Bonchev–Trinajstić information content (AvgIpc) is 2.53. The van der Waals surface area contributed by atoms with E-state index in [1.165, 1.54) is 7.11 Å². The van der Waals surface area contributed by atoms with E-state index in [2.05, 4.69) is 15.2 Å². The highest BCUT2D eigenvalue weighted by Crippen LogP contribution is 2.35. The fraction of sp³-hybridized carbons (Fsp3) is 0.556. The predicted molar refractivity (Wildman–Crippen MR) is 57.4 cm³/mol. The summed E-state index contributed by atoms with van der Waals surface area (Å²) in [5.74, 6) is -0.775. The molecular formula is C9H11ClF3N3O2. The van der Waals surface area contributed by atoms with Gasteiger partial charge in [0, 0.05) is 20.7 Å². The Hall–Kier alpha value is -1.28. The zero-order valence-corrected chi connectivity index (χ0v) is 10.4. The first kappa shape index (κ1) is 14.8. The molecule has 0 bridgehead atoms. The van der Waals surface area contributed by atoms with Crippen LogP contribution in [0.2, 0.25) is 5.02 Å². The highest BCUT2D eigenvalue weighted by atomic mass is 35.5. The quantitative estimate of drug-likeness (QED) is 0.852. The van der Waals surface area contributed by atoms with E-state index in [1.54, 1.807) is 0 Å². The van der Waals surface area contributed by atoms with Crippen LogP contribution in [0, 0.1) is 0 Å². The lowest BCUT2D eigenvalue weighted by Crippen LogP contribution is -2.27. The molecule has 1 amide bonds. The SMILES string of the molecule is COCCNC(=O)c1nn(C)c(C(F)(F)F)c1Cl. The number of nitrogens with one attached hydrogen (secondary N) is 1. The van der Waals surface area contributed by atoms with Crippen LogP contribution < -0.4 is 5.32 Å². The van der Waals surface area contributed by atoms with Crippen molar-refractivity contribution in [2.45, 2.75) is 6.18 Å². The lowest BCUT2D eigenvalue weighted by molar-refractivity contribution is -0.143. The summed E-state index contributed by atoms with van der Waals surface area (Å²) >= 11 is 5.53. The van der Waals surface area contributed by atoms with Crippen molar-refractivity contribution in [3.8, 4) is 0 Å². The molecule has 5 nitrogen and oxygen atoms in total. The number of carbonyl (C=O) groups excluding carboxylic acids is 1. The number of methoxy groups -OCH3 is 1. The Morgan fingerprint density at radius 2 is 2.17 bits per heavy atom. The summed E-state index contributed by atoms with van der Waals surface area (Å²) in [7, 11) is 2.50. The van der Waals surface area contributed by atoms with Crippen molar-refractivity contribution >= 4 is 17.5 Å². The molecule has 1 aromatic heterocycles. The molecule has 0 aromatic carbocycles. The first-order valence-corrected chi connectivity index (χ1v) is 5.23. The standard InChI is InChI=1S/C9H11ClF3N3O2/c1-16-7(9(11,12)13)5(10)6(15-16)8(17)14-3-4-18-2/h3-4H2,1-2H3,(H,14,17). The average molecular weight is 286 g/mol. The van der Waals surface area contributed by atoms with Gasteiger partial charge in [0.15, 0.2) is 11.4 Å². The number of hydrogen-bond donors (Lipinski definition) is 1. The van der Waals surface area contributed by atoms with E-state index in [4.69, 9.17) is 11.6 Å². The van der Waals surface area contributed by atoms with Crippen LogP contribution in [0.15, 0.2) is 0 Å². The maximum atomic E-state index is 12.6. The Labute approximate surface area is 106 Å². The van der Waals surface area contributed by atoms with E-state index < -0.39 is 28.5 Å². The lowest BCUT2D eigenvalue weighted by atomic mass is 10.3. The van der Waals surface area contributed by atoms with Crippen LogP contribution in [0.4, 0.5) is 13.2 Å². The van der Waals surface area contributed by atoms with Gasteiger partial charge < -0.3 is 10.1 Å². The number of aromatic nitrogens is 2. The van der Waals surface area contributed by atoms with Crippen LogP contribution >= 0.6 is 11.6 Å². The van der Waals surface area contributed by atoms with Crippen molar-refractivity contribution in [2.75, 3.05) is 20.3 Å². The molecule has 0 unspecified atom stereocenters. The fourth-order valence-corrected chi connectivity index (χ4v) is 1.65. The summed E-state index contributed by atoms with van der Waals surface area (Å²) in [6, 6.07) is 0. The summed E-state index contributed by atoms with van der Waals surface area (Å²) in [4.78, 5) is 11.5. The molecule has 0 atom stereocenters. The molecule has 1 rings (SSSR count). The first-order valence-electron chi connectivity index (χ1n) is 4.85. The molecule has 9 heteroatoms. The molecule has 0 spiro atoms. The normalized spacial score (nSPS) is 11.7. The van der Waals surface area contributed by atoms with E-state index in [0.29, 0.717) is 4.68 Å². The highest BCUT2D eigenvalue weighted by molar-refractivity contribution is 6.34. The third-order valence-electron chi connectivity index (χ3n) is 2.06. The van der Waals surface area contributed by atoms with Gasteiger partial charge in [0.1, 0.15) is 5.02 Å². The van der Waals surface area contributed by atoms with E-state index in [1.807, 2.05) is 0 Å². The second-order valence-electron chi connectivity index (χ2n) is 3.38. The van der Waals surface area contributed by atoms with Gasteiger partial charge in [-0.15, -0.1) is 0 Å². The lowest BCUT2D eigenvalue weighted by Gasteiger charge is -2.06. The van der Waals surface area contributed by atoms with Crippen molar-refractivity contribution in [1.82, 2.24) is 15.1 Å². The van der Waals surface area contributed by atoms with Crippen LogP contribution in [0.1, 0.15) is 16.2 Å². The Morgan fingerprint density at radius 1 is 1.56 bits per heavy atom. The summed E-state index contributed by atoms with van der Waals surface area (Å²) in [5.41, 5.74) is -1.61. The third-order valence-corrected chi connectivity index (χ3v) is 2.42. The summed E-state index contributed by atoms with van der Waals surface area (Å²) in [6.07, 6.45) is -4.66. The number of nitrogens with zero attached hydrogens (tertiary/aromatic N) is 2. The van der Waals surface area contributed by atoms with Crippen molar-refractivity contribution in [2.24, 2.45) is 7.05 Å². The molecule has 0 fully saturated rings. The van der Waals surface area contributed by atoms with Crippen LogP contribution in [0.25, 0.3) is 0 Å². The van der Waals surface area contributed by atoms with Crippen LogP contribution in [-0.2, 0) is 18.0 Å². The molecule has 0 saturated carbocycles. The fourth-order valence-electron chi connectivity index (χ4n) is 1.30. The van der Waals surface area contributed by atoms with Crippen molar-refractivity contribution in [1.29, 1.82) is 0 Å². The summed E-state index contributed by atoms with van der Waals surface area (Å²) in [6.45, 7) is 0.395. The van der Waals surface area contributed by atoms with Crippen LogP contribution in [-0.4, -0.2) is 35.9 Å². The monoisotopic (exact) mass is 285 g/mol. The topological polar surface area (TPSA) is 56.1 Å². The zero-order valence-electron chi connectivity index (χ0n) is 9.64. The number of carbonyl (C=O) groups is 1. The number of ether oxygens (including phenoxy) is 1. The second-order valence-corrected chi connectivity index (χ2v) is 3.76. The molecule has 0 aliphatic rings. The molecule has 18 heavy (non-hydrogen) atoms. The van der Waals surface area contributed by atoms with Crippen molar-refractivity contribution in [3.05, 3.63) is 16.4 Å². The minimum atomic E-state index is -4.66. The molecule has 1 heterocycles. The van der Waals surface area contributed by atoms with Crippen molar-refractivity contribution in [3.63, 3.8) is 0 Å². The van der Waals surface area contributed by atoms with E-state index in [-0.39, 0.29) is 13.2 Å². The molecule has 0 saturated heterocycles. The van der Waals surface area contributed by atoms with E-state index in [0.717, 1.165) is 7.05 Å². The summed E-state index contributed by atoms with van der Waals surface area (Å²) < 4.78 is 43.0. The number of halogens is 4. The third kappa shape index (κ3) is 3.14. The van der Waals surface area contributed by atoms with Gasteiger partial charge in [-0.2, -0.15) is 18.3 Å². The number of amides is 1. The number of hydrogen-bond acceptors (Lipinski definition) is 3. The van der Waals surface area contributed by atoms with Gasteiger partial charge in [-0.05, 0) is 0 Å². The Bertz CT molecular complexity index is 445. The Kier molecular flexibility index (Phi) is 4.58. The largest absolute Gasteiger partial charge is 0.434 e. The highest BCUT2D eigenvalue weighted by Gasteiger charge is 2.39. The van der Waals surface area contributed by atoms with Crippen LogP contribution in [0.5, 0.6) is 0 Å². The number of rotatable bonds is 4. The number of alkyl halides is 3. The van der Waals surface area contributed by atoms with E-state index in [9.17, 15) is 18.0 Å². The molecular weight excluding hydrogens is 275 g/mol. The predicted octanol–water partition coefficient (Wildman–Crippen LogP) is 1.47. The molecule has 0 radical (unpaired) electrons. The maximum Gasteiger partial charge on any atom is 0.434 e. The minimum Gasteiger partial charge on any atom is -0.383 e. The van der Waals surface area contributed by atoms with Gasteiger partial charge in [-0.3, -0.25) is 9.48 Å². The van der Waals surface area contributed by atoms with Crippen molar-refractivity contribution < 1.29 is 22.7 Å². The van der Waals surface area contributed by atoms with Crippen LogP contribution in [0.3, 0.4) is 0 Å². The maximum absolute atomic E-state index is 12.6. The minimum absolute atomic E-state index is 0.156. The summed E-state index contributed by atoms with van der Waals surface area (Å²) in [5, 5.41) is 5.10. The second kappa shape index (κ2) is 5.57. The van der Waals surface area contributed by atoms with Gasteiger partial charge in [0.25, 0.3) is 5.91 Å².